The molecule has 0 saturated heterocycles. The van der Waals surface area contributed by atoms with Crippen molar-refractivity contribution in [3.63, 3.8) is 0 Å². The molecule has 2 aromatic carbocycles. The van der Waals surface area contributed by atoms with E-state index >= 15 is 0 Å². The molecule has 7 heteroatoms. The van der Waals surface area contributed by atoms with E-state index in [-0.39, 0.29) is 5.91 Å². The number of nitrogens with one attached hydrogen (secondary N) is 1. The molecule has 0 aliphatic carbocycles. The van der Waals surface area contributed by atoms with Gasteiger partial charge in [0.2, 0.25) is 5.89 Å². The number of carbonyl (C=O) groups is 1. The van der Waals surface area contributed by atoms with Gasteiger partial charge in [0.15, 0.2) is 5.58 Å². The highest BCUT2D eigenvalue weighted by atomic mass is 79.9. The van der Waals surface area contributed by atoms with Crippen LogP contribution in [0.15, 0.2) is 74.3 Å². The number of hydrogen-bond acceptors (Lipinski definition) is 4. The second-order valence-corrected chi connectivity index (χ2v) is 7.30. The van der Waals surface area contributed by atoms with Gasteiger partial charge in [-0.15, -0.1) is 0 Å². The van der Waals surface area contributed by atoms with Crippen LogP contribution < -0.4 is 5.32 Å². The predicted octanol–water partition coefficient (Wildman–Crippen LogP) is 5.67. The molecule has 4 rings (SSSR count). The lowest BCUT2D eigenvalue weighted by Crippen LogP contribution is -2.12. The van der Waals surface area contributed by atoms with Gasteiger partial charge in [-0.3, -0.25) is 9.78 Å². The Bertz CT molecular complexity index is 1120. The van der Waals surface area contributed by atoms with Crippen LogP contribution in [0.3, 0.4) is 0 Å². The van der Waals surface area contributed by atoms with Gasteiger partial charge in [0.05, 0.1) is 11.1 Å². The fourth-order valence-corrected chi connectivity index (χ4v) is 3.33. The fraction of sp³-hybridized carbons (Fsp3) is 0. The second-order valence-electron chi connectivity index (χ2n) is 5.53. The van der Waals surface area contributed by atoms with E-state index in [1.165, 1.54) is 0 Å². The first-order chi connectivity index (χ1) is 12.6. The highest BCUT2D eigenvalue weighted by Crippen LogP contribution is 2.27. The van der Waals surface area contributed by atoms with E-state index in [1.807, 2.05) is 24.3 Å². The topological polar surface area (TPSA) is 68.0 Å². The lowest BCUT2D eigenvalue weighted by Gasteiger charge is -2.06. The third kappa shape index (κ3) is 3.40. The van der Waals surface area contributed by atoms with E-state index in [4.69, 9.17) is 4.42 Å². The molecule has 26 heavy (non-hydrogen) atoms. The van der Waals surface area contributed by atoms with Gasteiger partial charge < -0.3 is 9.73 Å². The number of amides is 1. The lowest BCUT2D eigenvalue weighted by atomic mass is 10.2. The average molecular weight is 473 g/mol. The summed E-state index contributed by atoms with van der Waals surface area (Å²) in [5.74, 6) is 0.278. The van der Waals surface area contributed by atoms with Gasteiger partial charge in [0, 0.05) is 27.0 Å². The van der Waals surface area contributed by atoms with Crippen molar-refractivity contribution < 1.29 is 9.21 Å². The van der Waals surface area contributed by atoms with E-state index in [0.717, 1.165) is 14.5 Å². The largest absolute Gasteiger partial charge is 0.436 e. The molecule has 0 spiro atoms. The second kappa shape index (κ2) is 7.01. The van der Waals surface area contributed by atoms with Crippen molar-refractivity contribution in [3.8, 4) is 11.5 Å². The molecule has 128 valence electrons. The van der Waals surface area contributed by atoms with E-state index < -0.39 is 0 Å². The number of halogens is 2. The molecule has 0 radical (unpaired) electrons. The first-order valence-corrected chi connectivity index (χ1v) is 9.26. The molecular weight excluding hydrogens is 462 g/mol. The highest BCUT2D eigenvalue weighted by molar-refractivity contribution is 9.10. The molecule has 0 aliphatic rings. The van der Waals surface area contributed by atoms with Gasteiger partial charge in [-0.25, -0.2) is 4.98 Å². The summed E-state index contributed by atoms with van der Waals surface area (Å²) in [6, 6.07) is 14.5. The SMILES string of the molecule is O=C(Nc1ccc2oc(-c3cncc(Br)c3)nc2c1)c1ccccc1Br. The van der Waals surface area contributed by atoms with Gasteiger partial charge in [-0.1, -0.05) is 12.1 Å². The lowest BCUT2D eigenvalue weighted by molar-refractivity contribution is 0.102. The van der Waals surface area contributed by atoms with Gasteiger partial charge in [0.25, 0.3) is 5.91 Å². The van der Waals surface area contributed by atoms with Gasteiger partial charge in [-0.2, -0.15) is 0 Å². The Morgan fingerprint density at radius 1 is 1.04 bits per heavy atom. The van der Waals surface area contributed by atoms with Crippen LogP contribution in [0.1, 0.15) is 10.4 Å². The molecule has 0 unspecified atom stereocenters. The summed E-state index contributed by atoms with van der Waals surface area (Å²) in [4.78, 5) is 21.1. The third-order valence-electron chi connectivity index (χ3n) is 3.72. The van der Waals surface area contributed by atoms with Crippen LogP contribution in [0.25, 0.3) is 22.6 Å². The highest BCUT2D eigenvalue weighted by Gasteiger charge is 2.12. The molecule has 0 fully saturated rings. The third-order valence-corrected chi connectivity index (χ3v) is 4.84. The van der Waals surface area contributed by atoms with Crippen molar-refractivity contribution >= 4 is 54.6 Å². The number of benzene rings is 2. The number of anilines is 1. The van der Waals surface area contributed by atoms with E-state index in [2.05, 4.69) is 47.1 Å². The number of hydrogen-bond donors (Lipinski definition) is 1. The van der Waals surface area contributed by atoms with E-state index in [0.29, 0.717) is 28.2 Å². The number of aromatic nitrogens is 2. The Labute approximate surface area is 165 Å². The summed E-state index contributed by atoms with van der Waals surface area (Å²) in [6.45, 7) is 0. The maximum Gasteiger partial charge on any atom is 0.256 e. The Balaban J connectivity index is 1.64. The number of pyridine rings is 1. The number of oxazole rings is 1. The Hall–Kier alpha value is -2.51. The zero-order valence-electron chi connectivity index (χ0n) is 13.2. The smallest absolute Gasteiger partial charge is 0.256 e. The molecule has 2 aromatic heterocycles. The first-order valence-electron chi connectivity index (χ1n) is 7.67. The van der Waals surface area contributed by atoms with Crippen molar-refractivity contribution in [1.82, 2.24) is 9.97 Å². The maximum atomic E-state index is 12.4. The number of rotatable bonds is 3. The zero-order valence-corrected chi connectivity index (χ0v) is 16.4. The van der Waals surface area contributed by atoms with E-state index in [9.17, 15) is 4.79 Å². The number of fused-ring (bicyclic) bond motifs is 1. The summed E-state index contributed by atoms with van der Waals surface area (Å²) in [6.07, 6.45) is 3.38. The van der Waals surface area contributed by atoms with Crippen LogP contribution in [-0.4, -0.2) is 15.9 Å². The first kappa shape index (κ1) is 16.9. The zero-order chi connectivity index (χ0) is 18.1. The van der Waals surface area contributed by atoms with Gasteiger partial charge >= 0.3 is 0 Å². The summed E-state index contributed by atoms with van der Waals surface area (Å²) in [5.41, 5.74) is 3.28. The Morgan fingerprint density at radius 2 is 1.88 bits per heavy atom. The molecular formula is C19H11Br2N3O2. The molecule has 4 aromatic rings. The Morgan fingerprint density at radius 3 is 2.69 bits per heavy atom. The number of nitrogens with zero attached hydrogens (tertiary/aromatic N) is 2. The summed E-state index contributed by atoms with van der Waals surface area (Å²) < 4.78 is 7.37. The predicted molar refractivity (Wildman–Crippen MR) is 107 cm³/mol. The van der Waals surface area contributed by atoms with Crippen LogP contribution in [0.5, 0.6) is 0 Å². The quantitative estimate of drug-likeness (QED) is 0.417. The molecule has 0 bridgehead atoms. The van der Waals surface area contributed by atoms with Crippen LogP contribution in [-0.2, 0) is 0 Å². The van der Waals surface area contributed by atoms with Crippen LogP contribution >= 0.6 is 31.9 Å². The summed E-state index contributed by atoms with van der Waals surface area (Å²) in [7, 11) is 0. The molecule has 1 amide bonds. The summed E-state index contributed by atoms with van der Waals surface area (Å²) in [5, 5.41) is 2.88. The van der Waals surface area contributed by atoms with Crippen molar-refractivity contribution in [2.45, 2.75) is 0 Å². The average Bonchev–Trinajstić information content (AvgIpc) is 3.05. The minimum Gasteiger partial charge on any atom is -0.436 e. The molecule has 0 saturated carbocycles. The molecule has 2 heterocycles. The summed E-state index contributed by atoms with van der Waals surface area (Å²) >= 11 is 6.77. The van der Waals surface area contributed by atoms with Crippen molar-refractivity contribution in [1.29, 1.82) is 0 Å². The monoisotopic (exact) mass is 471 g/mol. The van der Waals surface area contributed by atoms with Crippen LogP contribution in [0.4, 0.5) is 5.69 Å². The standard InChI is InChI=1S/C19H11Br2N3O2/c20-12-7-11(9-22-10-12)19-24-16-8-13(5-6-17(16)26-19)23-18(25)14-3-1-2-4-15(14)21/h1-10H,(H,23,25). The fourth-order valence-electron chi connectivity index (χ4n) is 2.50. The van der Waals surface area contributed by atoms with Crippen LogP contribution in [0, 0.1) is 0 Å². The minimum absolute atomic E-state index is 0.197. The molecule has 5 nitrogen and oxygen atoms in total. The van der Waals surface area contributed by atoms with Gasteiger partial charge in [0.1, 0.15) is 5.52 Å². The van der Waals surface area contributed by atoms with Crippen molar-refractivity contribution in [2.24, 2.45) is 0 Å². The maximum absolute atomic E-state index is 12.4. The van der Waals surface area contributed by atoms with Gasteiger partial charge in [-0.05, 0) is 68.3 Å². The molecule has 0 aliphatic heterocycles. The van der Waals surface area contributed by atoms with Crippen molar-refractivity contribution in [3.05, 3.63) is 75.4 Å². The minimum atomic E-state index is -0.197. The Kier molecular flexibility index (Phi) is 4.57. The number of carbonyl (C=O) groups excluding carboxylic acids is 1. The van der Waals surface area contributed by atoms with E-state index in [1.54, 1.807) is 36.7 Å². The molecule has 1 N–H and O–H groups in total. The molecule has 0 atom stereocenters. The van der Waals surface area contributed by atoms with Crippen LogP contribution in [0.2, 0.25) is 0 Å². The normalized spacial score (nSPS) is 10.8. The van der Waals surface area contributed by atoms with Crippen molar-refractivity contribution in [2.75, 3.05) is 5.32 Å².